The Balaban J connectivity index is 1.48. The number of nitrogens with zero attached hydrogens (tertiary/aromatic N) is 2. The molecule has 0 aliphatic heterocycles. The summed E-state index contributed by atoms with van der Waals surface area (Å²) in [6.07, 6.45) is 4.95. The number of hydrogen-bond acceptors (Lipinski definition) is 4. The van der Waals surface area contributed by atoms with Crippen molar-refractivity contribution in [1.82, 2.24) is 9.88 Å². The van der Waals surface area contributed by atoms with Crippen molar-refractivity contribution < 1.29 is 9.53 Å². The molecule has 0 aliphatic carbocycles. The van der Waals surface area contributed by atoms with Crippen LogP contribution in [0.2, 0.25) is 0 Å². The fourth-order valence-electron chi connectivity index (χ4n) is 2.76. The zero-order valence-electron chi connectivity index (χ0n) is 16.3. The lowest BCUT2D eigenvalue weighted by atomic mass is 10.1. The number of benzene rings is 2. The predicted octanol–water partition coefficient (Wildman–Crippen LogP) is 3.13. The lowest BCUT2D eigenvalue weighted by molar-refractivity contribution is -0.116. The van der Waals surface area contributed by atoms with Gasteiger partial charge in [-0.3, -0.25) is 9.59 Å². The summed E-state index contributed by atoms with van der Waals surface area (Å²) in [7, 11) is 0. The minimum atomic E-state index is -0.195. The monoisotopic (exact) mass is 399 g/mol. The number of aromatic nitrogens is 1. The van der Waals surface area contributed by atoms with Crippen LogP contribution in [0.25, 0.3) is 6.08 Å². The van der Waals surface area contributed by atoms with Gasteiger partial charge in [-0.2, -0.15) is 5.26 Å². The number of nitrogens with one attached hydrogen (secondary N) is 1. The maximum Gasteiger partial charge on any atom is 0.250 e. The second-order valence-corrected chi connectivity index (χ2v) is 6.55. The molecule has 3 rings (SSSR count). The lowest BCUT2D eigenvalue weighted by Gasteiger charge is -2.07. The molecule has 3 aromatic rings. The third-order valence-electron chi connectivity index (χ3n) is 4.35. The van der Waals surface area contributed by atoms with Crippen LogP contribution in [0.15, 0.2) is 83.8 Å². The first-order chi connectivity index (χ1) is 14.6. The van der Waals surface area contributed by atoms with Crippen LogP contribution < -0.4 is 15.6 Å². The van der Waals surface area contributed by atoms with Gasteiger partial charge in [-0.15, -0.1) is 0 Å². The van der Waals surface area contributed by atoms with Gasteiger partial charge in [-0.1, -0.05) is 42.5 Å². The molecule has 6 heteroatoms. The third-order valence-corrected chi connectivity index (χ3v) is 4.35. The molecule has 1 N–H and O–H groups in total. The largest absolute Gasteiger partial charge is 0.479 e. The number of ether oxygens (including phenoxy) is 1. The molecule has 0 saturated carbocycles. The average molecular weight is 399 g/mol. The normalized spacial score (nSPS) is 10.5. The molecular formula is C24H21N3O3. The van der Waals surface area contributed by atoms with Gasteiger partial charge in [-0.25, -0.2) is 0 Å². The summed E-state index contributed by atoms with van der Waals surface area (Å²) in [6, 6.07) is 21.9. The van der Waals surface area contributed by atoms with E-state index in [1.165, 1.54) is 12.1 Å². The zero-order chi connectivity index (χ0) is 21.2. The van der Waals surface area contributed by atoms with E-state index >= 15 is 0 Å². The summed E-state index contributed by atoms with van der Waals surface area (Å²) in [6.45, 7) is 0.925. The number of carbonyl (C=O) groups is 1. The minimum absolute atomic E-state index is 0.00332. The van der Waals surface area contributed by atoms with Crippen molar-refractivity contribution in [1.29, 1.82) is 5.26 Å². The molecular weight excluding hydrogens is 378 g/mol. The fourth-order valence-corrected chi connectivity index (χ4v) is 2.76. The molecule has 1 aromatic heterocycles. The first kappa shape index (κ1) is 20.6. The molecule has 0 unspecified atom stereocenters. The van der Waals surface area contributed by atoms with Gasteiger partial charge in [0.15, 0.2) is 6.61 Å². The summed E-state index contributed by atoms with van der Waals surface area (Å²) in [5.74, 6) is 0.415. The highest BCUT2D eigenvalue weighted by atomic mass is 16.5. The van der Waals surface area contributed by atoms with Crippen molar-refractivity contribution in [2.75, 3.05) is 6.61 Å². The maximum absolute atomic E-state index is 12.0. The van der Waals surface area contributed by atoms with Gasteiger partial charge in [-0.05, 0) is 41.0 Å². The number of amides is 1. The topological polar surface area (TPSA) is 84.1 Å². The van der Waals surface area contributed by atoms with Crippen molar-refractivity contribution >= 4 is 12.0 Å². The molecule has 0 aliphatic rings. The van der Waals surface area contributed by atoms with E-state index in [9.17, 15) is 9.59 Å². The number of hydrogen-bond donors (Lipinski definition) is 1. The fraction of sp³-hybridized carbons (Fsp3) is 0.125. The Hall–Kier alpha value is -4.11. The van der Waals surface area contributed by atoms with Gasteiger partial charge in [0.05, 0.1) is 6.54 Å². The van der Waals surface area contributed by atoms with Crippen molar-refractivity contribution in [3.05, 3.63) is 106 Å². The zero-order valence-corrected chi connectivity index (χ0v) is 16.3. The molecule has 0 saturated heterocycles. The summed E-state index contributed by atoms with van der Waals surface area (Å²) in [5, 5.41) is 11.3. The SMILES string of the molecule is N#CCOc1ccc(/C=C/C(=O)NCc2ccc(Cn3ccccc3=O)cc2)cc1. The Morgan fingerprint density at radius 3 is 2.47 bits per heavy atom. The van der Waals surface area contributed by atoms with E-state index in [-0.39, 0.29) is 18.1 Å². The van der Waals surface area contributed by atoms with E-state index in [2.05, 4.69) is 5.32 Å². The van der Waals surface area contributed by atoms with Crippen molar-refractivity contribution in [2.45, 2.75) is 13.1 Å². The van der Waals surface area contributed by atoms with Gasteiger partial charge in [0.2, 0.25) is 5.91 Å². The number of nitriles is 1. The standard InChI is InChI=1S/C24H21N3O3/c25-14-16-30-22-11-8-19(9-12-22)10-13-23(28)26-17-20-4-6-21(7-5-20)18-27-15-2-1-3-24(27)29/h1-13,15H,16-18H2,(H,26,28)/b13-10+. The Kier molecular flexibility index (Phi) is 7.17. The van der Waals surface area contributed by atoms with Crippen LogP contribution in [0.4, 0.5) is 0 Å². The van der Waals surface area contributed by atoms with E-state index < -0.39 is 0 Å². The molecule has 0 bridgehead atoms. The second kappa shape index (κ2) is 10.4. The maximum atomic E-state index is 12.0. The highest BCUT2D eigenvalue weighted by Gasteiger charge is 2.00. The van der Waals surface area contributed by atoms with Crippen molar-refractivity contribution in [3.8, 4) is 11.8 Å². The van der Waals surface area contributed by atoms with Crippen LogP contribution in [0.5, 0.6) is 5.75 Å². The second-order valence-electron chi connectivity index (χ2n) is 6.55. The van der Waals surface area contributed by atoms with E-state index in [0.717, 1.165) is 16.7 Å². The van der Waals surface area contributed by atoms with Crippen LogP contribution in [0.1, 0.15) is 16.7 Å². The van der Waals surface area contributed by atoms with Crippen molar-refractivity contribution in [3.63, 3.8) is 0 Å². The molecule has 0 radical (unpaired) electrons. The van der Waals surface area contributed by atoms with Crippen LogP contribution in [0.3, 0.4) is 0 Å². The minimum Gasteiger partial charge on any atom is -0.479 e. The molecule has 150 valence electrons. The lowest BCUT2D eigenvalue weighted by Crippen LogP contribution is -2.20. The highest BCUT2D eigenvalue weighted by Crippen LogP contribution is 2.13. The average Bonchev–Trinajstić information content (AvgIpc) is 2.78. The Labute approximate surface area is 174 Å². The molecule has 6 nitrogen and oxygen atoms in total. The van der Waals surface area contributed by atoms with E-state index in [0.29, 0.717) is 18.8 Å². The van der Waals surface area contributed by atoms with E-state index in [4.69, 9.17) is 10.00 Å². The Bertz CT molecular complexity index is 1110. The quantitative estimate of drug-likeness (QED) is 0.590. The van der Waals surface area contributed by atoms with Crippen molar-refractivity contribution in [2.24, 2.45) is 0 Å². The molecule has 2 aromatic carbocycles. The van der Waals surface area contributed by atoms with Gasteiger partial charge in [0, 0.05) is 24.9 Å². The Morgan fingerprint density at radius 2 is 1.77 bits per heavy atom. The van der Waals surface area contributed by atoms with E-state index in [1.54, 1.807) is 35.0 Å². The summed E-state index contributed by atoms with van der Waals surface area (Å²) < 4.78 is 6.83. The first-order valence-corrected chi connectivity index (χ1v) is 9.43. The summed E-state index contributed by atoms with van der Waals surface area (Å²) >= 11 is 0. The molecule has 1 heterocycles. The highest BCUT2D eigenvalue weighted by molar-refractivity contribution is 5.91. The molecule has 0 spiro atoms. The number of rotatable bonds is 8. The molecule has 0 fully saturated rings. The third kappa shape index (κ3) is 6.21. The van der Waals surface area contributed by atoms with Crippen LogP contribution in [-0.4, -0.2) is 17.1 Å². The molecule has 30 heavy (non-hydrogen) atoms. The Morgan fingerprint density at radius 1 is 1.03 bits per heavy atom. The van der Waals surface area contributed by atoms with Crippen LogP contribution >= 0.6 is 0 Å². The first-order valence-electron chi connectivity index (χ1n) is 9.43. The summed E-state index contributed by atoms with van der Waals surface area (Å²) in [5.41, 5.74) is 2.81. The summed E-state index contributed by atoms with van der Waals surface area (Å²) in [4.78, 5) is 23.8. The van der Waals surface area contributed by atoms with Gasteiger partial charge < -0.3 is 14.6 Å². The number of pyridine rings is 1. The van der Waals surface area contributed by atoms with Gasteiger partial charge in [0.25, 0.3) is 5.56 Å². The van der Waals surface area contributed by atoms with Crippen LogP contribution in [0, 0.1) is 11.3 Å². The molecule has 0 atom stereocenters. The molecule has 1 amide bonds. The van der Waals surface area contributed by atoms with Crippen LogP contribution in [-0.2, 0) is 17.9 Å². The van der Waals surface area contributed by atoms with Gasteiger partial charge in [0.1, 0.15) is 11.8 Å². The van der Waals surface area contributed by atoms with E-state index in [1.807, 2.05) is 48.5 Å². The number of carbonyl (C=O) groups excluding carboxylic acids is 1. The smallest absolute Gasteiger partial charge is 0.250 e. The van der Waals surface area contributed by atoms with Gasteiger partial charge >= 0.3 is 0 Å². The predicted molar refractivity (Wildman–Crippen MR) is 115 cm³/mol.